The fourth-order valence-corrected chi connectivity index (χ4v) is 2.86. The molecule has 0 saturated carbocycles. The smallest absolute Gasteiger partial charge is 0.107 e. The third-order valence-electron chi connectivity index (χ3n) is 3.59. The van der Waals surface area contributed by atoms with E-state index in [-0.39, 0.29) is 0 Å². The van der Waals surface area contributed by atoms with Crippen molar-refractivity contribution in [1.29, 1.82) is 0 Å². The summed E-state index contributed by atoms with van der Waals surface area (Å²) in [6, 6.07) is 0.560. The molecule has 0 aliphatic heterocycles. The van der Waals surface area contributed by atoms with Crippen LogP contribution in [0.2, 0.25) is 0 Å². The summed E-state index contributed by atoms with van der Waals surface area (Å²) in [5.74, 6) is 0.680. The number of ether oxygens (including phenoxy) is 1. The molecule has 1 N–H and O–H groups in total. The molecular formula is C16H31N3OS. The van der Waals surface area contributed by atoms with Crippen LogP contribution in [0.3, 0.4) is 0 Å². The topological polar surface area (TPSA) is 37.4 Å². The molecular weight excluding hydrogens is 282 g/mol. The largest absolute Gasteiger partial charge is 0.383 e. The Bertz CT molecular complexity index is 381. The summed E-state index contributed by atoms with van der Waals surface area (Å²) in [7, 11) is 1.76. The van der Waals surface area contributed by atoms with Gasteiger partial charge in [0.05, 0.1) is 12.3 Å². The third kappa shape index (κ3) is 7.36. The molecule has 0 fully saturated rings. The average Bonchev–Trinajstić information content (AvgIpc) is 2.89. The molecule has 1 rings (SSSR count). The van der Waals surface area contributed by atoms with E-state index in [1.165, 1.54) is 10.7 Å². The molecule has 4 nitrogen and oxygen atoms in total. The first kappa shape index (κ1) is 18.6. The second kappa shape index (κ2) is 10.3. The van der Waals surface area contributed by atoms with Crippen LogP contribution in [-0.2, 0) is 17.8 Å². The summed E-state index contributed by atoms with van der Waals surface area (Å²) in [6.45, 7) is 13.5. The lowest BCUT2D eigenvalue weighted by Crippen LogP contribution is -2.35. The molecule has 1 atom stereocenters. The summed E-state index contributed by atoms with van der Waals surface area (Å²) >= 11 is 1.75. The van der Waals surface area contributed by atoms with Gasteiger partial charge in [0.2, 0.25) is 0 Å². The number of hydrogen-bond donors (Lipinski definition) is 1. The first-order chi connectivity index (χ1) is 10.1. The van der Waals surface area contributed by atoms with E-state index in [0.717, 1.165) is 39.2 Å². The van der Waals surface area contributed by atoms with Crippen molar-refractivity contribution in [1.82, 2.24) is 15.2 Å². The van der Waals surface area contributed by atoms with E-state index in [1.54, 1.807) is 18.4 Å². The van der Waals surface area contributed by atoms with Gasteiger partial charge < -0.3 is 10.1 Å². The van der Waals surface area contributed by atoms with Crippen molar-refractivity contribution >= 4 is 11.3 Å². The lowest BCUT2D eigenvalue weighted by atomic mass is 10.2. The van der Waals surface area contributed by atoms with Gasteiger partial charge in [0.25, 0.3) is 0 Å². The van der Waals surface area contributed by atoms with Gasteiger partial charge in [-0.15, -0.1) is 11.3 Å². The first-order valence-corrected chi connectivity index (χ1v) is 8.81. The van der Waals surface area contributed by atoms with Crippen LogP contribution in [0.1, 0.15) is 44.8 Å². The number of rotatable bonds is 11. The third-order valence-corrected chi connectivity index (χ3v) is 4.49. The summed E-state index contributed by atoms with van der Waals surface area (Å²) in [4.78, 5) is 7.19. The molecule has 122 valence electrons. The molecule has 0 spiro atoms. The van der Waals surface area contributed by atoms with Crippen LogP contribution in [0.5, 0.6) is 0 Å². The van der Waals surface area contributed by atoms with E-state index < -0.39 is 0 Å². The lowest BCUT2D eigenvalue weighted by Gasteiger charge is -2.27. The van der Waals surface area contributed by atoms with Crippen molar-refractivity contribution in [3.8, 4) is 0 Å². The average molecular weight is 314 g/mol. The maximum Gasteiger partial charge on any atom is 0.107 e. The highest BCUT2D eigenvalue weighted by Crippen LogP contribution is 2.14. The van der Waals surface area contributed by atoms with E-state index in [4.69, 9.17) is 9.72 Å². The van der Waals surface area contributed by atoms with Gasteiger partial charge in [0, 0.05) is 38.2 Å². The van der Waals surface area contributed by atoms with Gasteiger partial charge in [-0.25, -0.2) is 4.98 Å². The number of aromatic nitrogens is 1. The molecule has 1 heterocycles. The molecule has 1 unspecified atom stereocenters. The second-order valence-corrected chi connectivity index (χ2v) is 6.92. The number of nitrogens with zero attached hydrogens (tertiary/aromatic N) is 2. The molecule has 0 saturated heterocycles. The molecule has 0 aliphatic rings. The maximum absolute atomic E-state index is 5.22. The van der Waals surface area contributed by atoms with E-state index in [0.29, 0.717) is 12.0 Å². The van der Waals surface area contributed by atoms with Crippen molar-refractivity contribution in [3.63, 3.8) is 0 Å². The molecule has 1 aromatic heterocycles. The standard InChI is InChI=1S/C16H31N3OS/c1-6-14(4)19(7-8-20-5)11-15-12-21-16(18-15)10-17-9-13(2)3/h12-14,17H,6-11H2,1-5H3. The zero-order valence-corrected chi connectivity index (χ0v) is 15.0. The Labute approximate surface area is 133 Å². The lowest BCUT2D eigenvalue weighted by molar-refractivity contribution is 0.117. The van der Waals surface area contributed by atoms with Crippen LogP contribution in [0, 0.1) is 5.92 Å². The van der Waals surface area contributed by atoms with Gasteiger partial charge in [-0.2, -0.15) is 0 Å². The fourth-order valence-electron chi connectivity index (χ4n) is 2.10. The summed E-state index contributed by atoms with van der Waals surface area (Å²) in [5.41, 5.74) is 1.18. The molecule has 0 radical (unpaired) electrons. The Balaban J connectivity index is 2.49. The summed E-state index contributed by atoms with van der Waals surface area (Å²) < 4.78 is 5.22. The highest BCUT2D eigenvalue weighted by atomic mass is 32.1. The van der Waals surface area contributed by atoms with Crippen molar-refractivity contribution in [2.24, 2.45) is 5.92 Å². The summed E-state index contributed by atoms with van der Waals surface area (Å²) in [5, 5.41) is 6.82. The number of methoxy groups -OCH3 is 1. The van der Waals surface area contributed by atoms with Crippen molar-refractivity contribution < 1.29 is 4.74 Å². The highest BCUT2D eigenvalue weighted by molar-refractivity contribution is 7.09. The monoisotopic (exact) mass is 313 g/mol. The Kier molecular flexibility index (Phi) is 9.08. The molecule has 0 bridgehead atoms. The van der Waals surface area contributed by atoms with Crippen LogP contribution in [-0.4, -0.2) is 42.7 Å². The quantitative estimate of drug-likeness (QED) is 0.681. The Morgan fingerprint density at radius 1 is 1.38 bits per heavy atom. The summed E-state index contributed by atoms with van der Waals surface area (Å²) in [6.07, 6.45) is 1.15. The molecule has 1 aromatic rings. The molecule has 5 heteroatoms. The van der Waals surface area contributed by atoms with Crippen LogP contribution >= 0.6 is 11.3 Å². The highest BCUT2D eigenvalue weighted by Gasteiger charge is 2.14. The van der Waals surface area contributed by atoms with E-state index >= 15 is 0 Å². The molecule has 21 heavy (non-hydrogen) atoms. The first-order valence-electron chi connectivity index (χ1n) is 7.93. The van der Waals surface area contributed by atoms with E-state index in [1.807, 2.05) is 0 Å². The normalized spacial score (nSPS) is 13.3. The fraction of sp³-hybridized carbons (Fsp3) is 0.812. The SMILES string of the molecule is CCC(C)N(CCOC)Cc1csc(CNCC(C)C)n1. The number of nitrogens with one attached hydrogen (secondary N) is 1. The van der Waals surface area contributed by atoms with Crippen molar-refractivity contribution in [2.75, 3.05) is 26.8 Å². The predicted octanol–water partition coefficient (Wildman–Crippen LogP) is 3.14. The van der Waals surface area contributed by atoms with Gasteiger partial charge >= 0.3 is 0 Å². The van der Waals surface area contributed by atoms with Gasteiger partial charge in [-0.1, -0.05) is 20.8 Å². The number of hydrogen-bond acceptors (Lipinski definition) is 5. The van der Waals surface area contributed by atoms with E-state index in [2.05, 4.69) is 43.3 Å². The zero-order chi connectivity index (χ0) is 15.7. The minimum Gasteiger partial charge on any atom is -0.383 e. The van der Waals surface area contributed by atoms with Gasteiger partial charge in [-0.3, -0.25) is 4.90 Å². The number of thiazole rings is 1. The second-order valence-electron chi connectivity index (χ2n) is 5.98. The minimum absolute atomic E-state index is 0.560. The van der Waals surface area contributed by atoms with Crippen LogP contribution in [0.4, 0.5) is 0 Å². The molecule has 0 aromatic carbocycles. The Morgan fingerprint density at radius 3 is 2.76 bits per heavy atom. The van der Waals surface area contributed by atoms with Crippen LogP contribution < -0.4 is 5.32 Å². The maximum atomic E-state index is 5.22. The molecule has 0 amide bonds. The minimum atomic E-state index is 0.560. The van der Waals surface area contributed by atoms with Crippen molar-refractivity contribution in [3.05, 3.63) is 16.1 Å². The van der Waals surface area contributed by atoms with E-state index in [9.17, 15) is 0 Å². The Hall–Kier alpha value is -0.490. The van der Waals surface area contributed by atoms with Gasteiger partial charge in [-0.05, 0) is 25.8 Å². The van der Waals surface area contributed by atoms with Gasteiger partial charge in [0.1, 0.15) is 5.01 Å². The molecule has 0 aliphatic carbocycles. The van der Waals surface area contributed by atoms with Crippen LogP contribution in [0.25, 0.3) is 0 Å². The predicted molar refractivity (Wildman–Crippen MR) is 90.7 cm³/mol. The Morgan fingerprint density at radius 2 is 2.14 bits per heavy atom. The zero-order valence-electron chi connectivity index (χ0n) is 14.2. The van der Waals surface area contributed by atoms with Crippen LogP contribution in [0.15, 0.2) is 5.38 Å². The van der Waals surface area contributed by atoms with Gasteiger partial charge in [0.15, 0.2) is 0 Å². The van der Waals surface area contributed by atoms with Crippen molar-refractivity contribution in [2.45, 2.75) is 53.2 Å².